The number of piperazine rings is 1. The molecule has 1 aliphatic rings. The summed E-state index contributed by atoms with van der Waals surface area (Å²) < 4.78 is 0. The largest absolute Gasteiger partial charge is 0.354 e. The van der Waals surface area contributed by atoms with Crippen molar-refractivity contribution in [3.63, 3.8) is 0 Å². The maximum Gasteiger partial charge on any atom is 0.237 e. The van der Waals surface area contributed by atoms with Crippen LogP contribution in [-0.2, 0) is 4.79 Å². The van der Waals surface area contributed by atoms with Crippen LogP contribution in [0.4, 0.5) is 5.82 Å². The van der Waals surface area contributed by atoms with Gasteiger partial charge in [-0.05, 0) is 23.3 Å². The monoisotopic (exact) mass is 400 g/mol. The van der Waals surface area contributed by atoms with Crippen LogP contribution in [0.3, 0.4) is 0 Å². The van der Waals surface area contributed by atoms with Crippen LogP contribution in [0, 0.1) is 0 Å². The van der Waals surface area contributed by atoms with Crippen LogP contribution in [0.1, 0.15) is 17.2 Å². The number of likely N-dealkylation sites (N-methyl/N-ethyl adjacent to an activating group) is 1. The van der Waals surface area contributed by atoms with Crippen molar-refractivity contribution in [2.45, 2.75) is 6.04 Å². The molecule has 0 saturated carbocycles. The van der Waals surface area contributed by atoms with E-state index in [0.717, 1.165) is 43.1 Å². The van der Waals surface area contributed by atoms with Gasteiger partial charge in [0.1, 0.15) is 5.82 Å². The van der Waals surface area contributed by atoms with Gasteiger partial charge in [0, 0.05) is 39.4 Å². The first-order valence-corrected chi connectivity index (χ1v) is 10.5. The van der Waals surface area contributed by atoms with E-state index in [1.165, 1.54) is 0 Å². The minimum Gasteiger partial charge on any atom is -0.354 e. The SMILES string of the molecule is CN(C(=O)CN1CCN(c2ccccn2)CC1)C(c1ccccc1)c1ccccc1. The maximum atomic E-state index is 13.2. The lowest BCUT2D eigenvalue weighted by Crippen LogP contribution is -2.50. The zero-order valence-electron chi connectivity index (χ0n) is 17.4. The fraction of sp³-hybridized carbons (Fsp3) is 0.280. The molecule has 2 aromatic carbocycles. The summed E-state index contributed by atoms with van der Waals surface area (Å²) in [6.45, 7) is 3.92. The van der Waals surface area contributed by atoms with Crippen molar-refractivity contribution < 1.29 is 4.79 Å². The van der Waals surface area contributed by atoms with E-state index >= 15 is 0 Å². The summed E-state index contributed by atoms with van der Waals surface area (Å²) in [7, 11) is 1.91. The third kappa shape index (κ3) is 4.69. The number of anilines is 1. The fourth-order valence-corrected chi connectivity index (χ4v) is 4.03. The Hall–Kier alpha value is -3.18. The number of rotatable bonds is 6. The van der Waals surface area contributed by atoms with Crippen molar-refractivity contribution >= 4 is 11.7 Å². The molecule has 0 spiro atoms. The molecule has 3 aromatic rings. The highest BCUT2D eigenvalue weighted by molar-refractivity contribution is 5.79. The van der Waals surface area contributed by atoms with Gasteiger partial charge in [-0.3, -0.25) is 9.69 Å². The summed E-state index contributed by atoms with van der Waals surface area (Å²) in [5.41, 5.74) is 2.25. The molecule has 0 bridgehead atoms. The highest BCUT2D eigenvalue weighted by Gasteiger charge is 2.26. The summed E-state index contributed by atoms with van der Waals surface area (Å²) in [6.07, 6.45) is 1.83. The van der Waals surface area contributed by atoms with Crippen LogP contribution in [-0.4, -0.2) is 60.5 Å². The molecule has 0 aliphatic carbocycles. The zero-order valence-corrected chi connectivity index (χ0v) is 17.4. The standard InChI is InChI=1S/C25H28N4O/c1-27(25(21-10-4-2-5-11-21)22-12-6-3-7-13-22)24(30)20-28-16-18-29(19-17-28)23-14-8-9-15-26-23/h2-15,25H,16-20H2,1H3. The second-order valence-corrected chi connectivity index (χ2v) is 7.68. The Balaban J connectivity index is 1.42. The molecule has 1 saturated heterocycles. The van der Waals surface area contributed by atoms with Gasteiger partial charge >= 0.3 is 0 Å². The third-order valence-electron chi connectivity index (χ3n) is 5.72. The fourth-order valence-electron chi connectivity index (χ4n) is 4.03. The molecular weight excluding hydrogens is 372 g/mol. The zero-order chi connectivity index (χ0) is 20.8. The number of aromatic nitrogens is 1. The molecule has 2 heterocycles. The third-order valence-corrected chi connectivity index (χ3v) is 5.72. The predicted molar refractivity (Wildman–Crippen MR) is 120 cm³/mol. The number of nitrogens with zero attached hydrogens (tertiary/aromatic N) is 4. The lowest BCUT2D eigenvalue weighted by atomic mass is 9.97. The van der Waals surface area contributed by atoms with Gasteiger partial charge in [-0.2, -0.15) is 0 Å². The number of hydrogen-bond donors (Lipinski definition) is 0. The smallest absolute Gasteiger partial charge is 0.237 e. The molecule has 0 atom stereocenters. The van der Waals surface area contributed by atoms with Gasteiger partial charge in [-0.25, -0.2) is 4.98 Å². The normalized spacial score (nSPS) is 14.7. The molecule has 0 unspecified atom stereocenters. The number of amides is 1. The first-order valence-electron chi connectivity index (χ1n) is 10.5. The Kier molecular flexibility index (Phi) is 6.40. The predicted octanol–water partition coefficient (Wildman–Crippen LogP) is 3.45. The maximum absolute atomic E-state index is 13.2. The average molecular weight is 401 g/mol. The van der Waals surface area contributed by atoms with Gasteiger partial charge in [0.2, 0.25) is 5.91 Å². The lowest BCUT2D eigenvalue weighted by molar-refractivity contribution is -0.132. The van der Waals surface area contributed by atoms with E-state index < -0.39 is 0 Å². The average Bonchev–Trinajstić information content (AvgIpc) is 2.82. The van der Waals surface area contributed by atoms with Crippen molar-refractivity contribution in [1.29, 1.82) is 0 Å². The highest BCUT2D eigenvalue weighted by atomic mass is 16.2. The molecule has 30 heavy (non-hydrogen) atoms. The van der Waals surface area contributed by atoms with Crippen LogP contribution in [0.5, 0.6) is 0 Å². The van der Waals surface area contributed by atoms with Crippen LogP contribution in [0.15, 0.2) is 85.1 Å². The van der Waals surface area contributed by atoms with Crippen molar-refractivity contribution in [1.82, 2.24) is 14.8 Å². The van der Waals surface area contributed by atoms with E-state index in [1.807, 2.05) is 72.7 Å². The second kappa shape index (κ2) is 9.55. The first-order chi connectivity index (χ1) is 14.7. The van der Waals surface area contributed by atoms with Crippen LogP contribution < -0.4 is 4.90 Å². The summed E-state index contributed by atoms with van der Waals surface area (Å²) >= 11 is 0. The van der Waals surface area contributed by atoms with E-state index in [2.05, 4.69) is 39.0 Å². The van der Waals surface area contributed by atoms with E-state index in [1.54, 1.807) is 0 Å². The van der Waals surface area contributed by atoms with Crippen molar-refractivity contribution in [2.24, 2.45) is 0 Å². The number of pyridine rings is 1. The Bertz CT molecular complexity index is 886. The van der Waals surface area contributed by atoms with E-state index in [0.29, 0.717) is 6.54 Å². The summed E-state index contributed by atoms with van der Waals surface area (Å²) in [5, 5.41) is 0. The Morgan fingerprint density at radius 1 is 0.867 bits per heavy atom. The minimum absolute atomic E-state index is 0.0882. The van der Waals surface area contributed by atoms with Crippen LogP contribution in [0.25, 0.3) is 0 Å². The number of carbonyl (C=O) groups excluding carboxylic acids is 1. The van der Waals surface area contributed by atoms with Crippen molar-refractivity contribution in [3.8, 4) is 0 Å². The topological polar surface area (TPSA) is 39.7 Å². The lowest BCUT2D eigenvalue weighted by Gasteiger charge is -2.36. The Morgan fingerprint density at radius 2 is 1.43 bits per heavy atom. The summed E-state index contributed by atoms with van der Waals surface area (Å²) in [6, 6.07) is 26.4. The molecule has 1 aliphatic heterocycles. The van der Waals surface area contributed by atoms with Gasteiger partial charge in [0.15, 0.2) is 0 Å². The van der Waals surface area contributed by atoms with Gasteiger partial charge < -0.3 is 9.80 Å². The number of hydrogen-bond acceptors (Lipinski definition) is 4. The van der Waals surface area contributed by atoms with Gasteiger partial charge in [-0.1, -0.05) is 66.7 Å². The number of benzene rings is 2. The van der Waals surface area contributed by atoms with Crippen LogP contribution >= 0.6 is 0 Å². The Labute approximate surface area is 178 Å². The molecule has 154 valence electrons. The Morgan fingerprint density at radius 3 is 1.97 bits per heavy atom. The molecular formula is C25H28N4O. The van der Waals surface area contributed by atoms with E-state index in [9.17, 15) is 4.79 Å². The molecule has 1 fully saturated rings. The van der Waals surface area contributed by atoms with Crippen molar-refractivity contribution in [3.05, 3.63) is 96.2 Å². The van der Waals surface area contributed by atoms with Gasteiger partial charge in [-0.15, -0.1) is 0 Å². The molecule has 0 radical (unpaired) electrons. The van der Waals surface area contributed by atoms with E-state index in [-0.39, 0.29) is 11.9 Å². The highest BCUT2D eigenvalue weighted by Crippen LogP contribution is 2.27. The summed E-state index contributed by atoms with van der Waals surface area (Å²) in [4.78, 5) is 24.1. The molecule has 5 nitrogen and oxygen atoms in total. The number of carbonyl (C=O) groups is 1. The molecule has 0 N–H and O–H groups in total. The van der Waals surface area contributed by atoms with E-state index in [4.69, 9.17) is 0 Å². The minimum atomic E-state index is -0.0882. The van der Waals surface area contributed by atoms with Crippen LogP contribution in [0.2, 0.25) is 0 Å². The van der Waals surface area contributed by atoms with Gasteiger partial charge in [0.05, 0.1) is 12.6 Å². The second-order valence-electron chi connectivity index (χ2n) is 7.68. The molecule has 5 heteroatoms. The first kappa shape index (κ1) is 20.1. The van der Waals surface area contributed by atoms with Crippen molar-refractivity contribution in [2.75, 3.05) is 44.7 Å². The summed E-state index contributed by atoms with van der Waals surface area (Å²) in [5.74, 6) is 1.15. The molecule has 1 aromatic heterocycles. The molecule has 1 amide bonds. The quantitative estimate of drug-likeness (QED) is 0.635. The molecule has 4 rings (SSSR count). The van der Waals surface area contributed by atoms with Gasteiger partial charge in [0.25, 0.3) is 0 Å².